The van der Waals surface area contributed by atoms with Crippen molar-refractivity contribution in [1.29, 1.82) is 0 Å². The van der Waals surface area contributed by atoms with Crippen LogP contribution in [0.15, 0.2) is 0 Å². The lowest BCUT2D eigenvalue weighted by Gasteiger charge is -2.31. The van der Waals surface area contributed by atoms with Gasteiger partial charge in [0.25, 0.3) is 0 Å². The van der Waals surface area contributed by atoms with Gasteiger partial charge in [-0.2, -0.15) is 0 Å². The number of nitrogens with one attached hydrogen (secondary N) is 1. The maximum absolute atomic E-state index is 11.9. The molecule has 1 aliphatic heterocycles. The summed E-state index contributed by atoms with van der Waals surface area (Å²) >= 11 is 0. The minimum atomic E-state index is -3.04. The Labute approximate surface area is 108 Å². The van der Waals surface area contributed by atoms with Crippen LogP contribution < -0.4 is 5.32 Å². The molecule has 1 aliphatic rings. The maximum Gasteiger partial charge on any atom is 0.246 e. The molecule has 0 bridgehead atoms. The van der Waals surface area contributed by atoms with Gasteiger partial charge in [0, 0.05) is 12.3 Å². The molecular formula is C11H20N2O4S. The zero-order valence-corrected chi connectivity index (χ0v) is 11.6. The summed E-state index contributed by atoms with van der Waals surface area (Å²) in [7, 11) is -3.04. The minimum Gasteiger partial charge on any atom is -0.297 e. The molecule has 0 aliphatic carbocycles. The zero-order valence-electron chi connectivity index (χ0n) is 10.8. The van der Waals surface area contributed by atoms with Gasteiger partial charge in [-0.15, -0.1) is 0 Å². The second-order valence-corrected chi connectivity index (χ2v) is 6.79. The van der Waals surface area contributed by atoms with E-state index in [9.17, 15) is 18.0 Å². The van der Waals surface area contributed by atoms with Gasteiger partial charge in [0.15, 0.2) is 0 Å². The lowest BCUT2D eigenvalue weighted by molar-refractivity contribution is -0.149. The molecule has 0 radical (unpaired) electrons. The molecule has 1 unspecified atom stereocenters. The van der Waals surface area contributed by atoms with Crippen molar-refractivity contribution in [2.75, 3.05) is 24.6 Å². The van der Waals surface area contributed by atoms with E-state index in [-0.39, 0.29) is 42.5 Å². The lowest BCUT2D eigenvalue weighted by Crippen LogP contribution is -2.58. The number of hydrogen-bond acceptors (Lipinski definition) is 5. The zero-order chi connectivity index (χ0) is 13.8. The first kappa shape index (κ1) is 15.1. The summed E-state index contributed by atoms with van der Waals surface area (Å²) < 4.78 is 22.6. The largest absolute Gasteiger partial charge is 0.297 e. The van der Waals surface area contributed by atoms with Gasteiger partial charge >= 0.3 is 0 Å². The van der Waals surface area contributed by atoms with Crippen LogP contribution in [0.5, 0.6) is 0 Å². The molecule has 0 aromatic heterocycles. The summed E-state index contributed by atoms with van der Waals surface area (Å²) in [5, 5.41) is 2.86. The van der Waals surface area contributed by atoms with Gasteiger partial charge in [0.2, 0.25) is 11.8 Å². The van der Waals surface area contributed by atoms with E-state index in [1.165, 1.54) is 4.90 Å². The second kappa shape index (κ2) is 6.29. The molecular weight excluding hydrogens is 256 g/mol. The van der Waals surface area contributed by atoms with Crippen LogP contribution in [-0.4, -0.2) is 55.8 Å². The normalized spacial score (nSPS) is 21.4. The number of amides is 2. The standard InChI is InChI=1S/C11H20N2O4S/c1-3-9-11(15)13(10(14)8-12-9)6-5-7-18(16,17)4-2/h9,12H,3-8H2,1-2H3. The molecule has 6 nitrogen and oxygen atoms in total. The number of nitrogens with zero attached hydrogens (tertiary/aromatic N) is 1. The number of carbonyl (C=O) groups excluding carboxylic acids is 2. The van der Waals surface area contributed by atoms with Crippen molar-refractivity contribution in [1.82, 2.24) is 10.2 Å². The van der Waals surface area contributed by atoms with Crippen LogP contribution in [0.25, 0.3) is 0 Å². The van der Waals surface area contributed by atoms with Crippen LogP contribution in [0, 0.1) is 0 Å². The van der Waals surface area contributed by atoms with E-state index < -0.39 is 9.84 Å². The van der Waals surface area contributed by atoms with Gasteiger partial charge in [-0.3, -0.25) is 19.8 Å². The monoisotopic (exact) mass is 276 g/mol. The molecule has 0 saturated carbocycles. The highest BCUT2D eigenvalue weighted by atomic mass is 32.2. The van der Waals surface area contributed by atoms with Crippen molar-refractivity contribution in [2.45, 2.75) is 32.7 Å². The molecule has 0 aromatic rings. The topological polar surface area (TPSA) is 83.6 Å². The molecule has 1 atom stereocenters. The van der Waals surface area contributed by atoms with Crippen LogP contribution in [0.2, 0.25) is 0 Å². The van der Waals surface area contributed by atoms with Crippen LogP contribution in [0.1, 0.15) is 26.7 Å². The van der Waals surface area contributed by atoms with Crippen LogP contribution >= 0.6 is 0 Å². The minimum absolute atomic E-state index is 0.0186. The van der Waals surface area contributed by atoms with Crippen LogP contribution in [-0.2, 0) is 19.4 Å². The molecule has 7 heteroatoms. The van der Waals surface area contributed by atoms with E-state index in [0.29, 0.717) is 12.8 Å². The molecule has 1 rings (SSSR count). The van der Waals surface area contributed by atoms with Gasteiger partial charge in [-0.25, -0.2) is 8.42 Å². The maximum atomic E-state index is 11.9. The van der Waals surface area contributed by atoms with Crippen molar-refractivity contribution >= 4 is 21.7 Å². The Morgan fingerprint density at radius 2 is 2.00 bits per heavy atom. The van der Waals surface area contributed by atoms with Gasteiger partial charge in [0.1, 0.15) is 9.84 Å². The fraction of sp³-hybridized carbons (Fsp3) is 0.818. The van der Waals surface area contributed by atoms with Crippen molar-refractivity contribution in [3.8, 4) is 0 Å². The van der Waals surface area contributed by atoms with Crippen molar-refractivity contribution in [3.63, 3.8) is 0 Å². The summed E-state index contributed by atoms with van der Waals surface area (Å²) in [5.41, 5.74) is 0. The summed E-state index contributed by atoms with van der Waals surface area (Å²) in [6.07, 6.45) is 0.931. The van der Waals surface area contributed by atoms with E-state index in [1.54, 1.807) is 6.92 Å². The van der Waals surface area contributed by atoms with Crippen LogP contribution in [0.3, 0.4) is 0 Å². The predicted molar refractivity (Wildman–Crippen MR) is 67.7 cm³/mol. The Hall–Kier alpha value is -0.950. The Kier molecular flexibility index (Phi) is 5.28. The Balaban J connectivity index is 2.54. The fourth-order valence-electron chi connectivity index (χ4n) is 1.85. The molecule has 1 saturated heterocycles. The summed E-state index contributed by atoms with van der Waals surface area (Å²) in [6.45, 7) is 3.79. The van der Waals surface area contributed by atoms with E-state index >= 15 is 0 Å². The van der Waals surface area contributed by atoms with Gasteiger partial charge in [-0.05, 0) is 12.8 Å². The predicted octanol–water partition coefficient (Wildman–Crippen LogP) is -0.452. The highest BCUT2D eigenvalue weighted by molar-refractivity contribution is 7.91. The number of carbonyl (C=O) groups is 2. The molecule has 18 heavy (non-hydrogen) atoms. The molecule has 0 spiro atoms. The summed E-state index contributed by atoms with van der Waals surface area (Å²) in [6, 6.07) is -0.328. The van der Waals surface area contributed by atoms with E-state index in [0.717, 1.165) is 0 Å². The summed E-state index contributed by atoms with van der Waals surface area (Å²) in [4.78, 5) is 24.6. The first-order valence-corrected chi connectivity index (χ1v) is 8.01. The molecule has 1 heterocycles. The Morgan fingerprint density at radius 1 is 1.33 bits per heavy atom. The lowest BCUT2D eigenvalue weighted by atomic mass is 10.1. The Bertz CT molecular complexity index is 419. The van der Waals surface area contributed by atoms with Gasteiger partial charge in [-0.1, -0.05) is 13.8 Å². The SMILES string of the molecule is CCC1NCC(=O)N(CCCS(=O)(=O)CC)C1=O. The van der Waals surface area contributed by atoms with E-state index in [1.807, 2.05) is 6.92 Å². The number of piperazine rings is 1. The highest BCUT2D eigenvalue weighted by Gasteiger charge is 2.32. The third kappa shape index (κ3) is 3.78. The van der Waals surface area contributed by atoms with E-state index in [2.05, 4.69) is 5.32 Å². The van der Waals surface area contributed by atoms with Crippen LogP contribution in [0.4, 0.5) is 0 Å². The van der Waals surface area contributed by atoms with Crippen molar-refractivity contribution in [2.24, 2.45) is 0 Å². The molecule has 104 valence electrons. The smallest absolute Gasteiger partial charge is 0.246 e. The average Bonchev–Trinajstić information content (AvgIpc) is 2.33. The van der Waals surface area contributed by atoms with Gasteiger partial charge < -0.3 is 0 Å². The molecule has 0 aromatic carbocycles. The third-order valence-corrected chi connectivity index (χ3v) is 4.84. The quantitative estimate of drug-likeness (QED) is 0.664. The third-order valence-electron chi connectivity index (χ3n) is 3.05. The Morgan fingerprint density at radius 3 is 2.56 bits per heavy atom. The number of hydrogen-bond donors (Lipinski definition) is 1. The van der Waals surface area contributed by atoms with Crippen molar-refractivity contribution in [3.05, 3.63) is 0 Å². The molecule has 1 fully saturated rings. The van der Waals surface area contributed by atoms with Gasteiger partial charge in [0.05, 0.1) is 18.3 Å². The number of imide groups is 1. The number of rotatable bonds is 6. The molecule has 1 N–H and O–H groups in total. The second-order valence-electron chi connectivity index (χ2n) is 4.32. The first-order chi connectivity index (χ1) is 8.41. The fourth-order valence-corrected chi connectivity index (χ4v) is 2.70. The highest BCUT2D eigenvalue weighted by Crippen LogP contribution is 2.07. The van der Waals surface area contributed by atoms with E-state index in [4.69, 9.17) is 0 Å². The number of sulfone groups is 1. The van der Waals surface area contributed by atoms with Crippen molar-refractivity contribution < 1.29 is 18.0 Å². The first-order valence-electron chi connectivity index (χ1n) is 6.19. The average molecular weight is 276 g/mol. The summed E-state index contributed by atoms with van der Waals surface area (Å²) in [5.74, 6) is -0.417. The molecule has 2 amide bonds.